The van der Waals surface area contributed by atoms with Crippen molar-refractivity contribution in [3.8, 4) is 0 Å². The third-order valence-corrected chi connectivity index (χ3v) is 0.787. The van der Waals surface area contributed by atoms with Crippen molar-refractivity contribution < 1.29 is 5.11 Å². The van der Waals surface area contributed by atoms with Crippen molar-refractivity contribution >= 4 is 0 Å². The van der Waals surface area contributed by atoms with Crippen molar-refractivity contribution in [1.29, 1.82) is 0 Å². The Morgan fingerprint density at radius 2 is 2.38 bits per heavy atom. The summed E-state index contributed by atoms with van der Waals surface area (Å²) in [5.41, 5.74) is 4.45. The van der Waals surface area contributed by atoms with Crippen molar-refractivity contribution in [3.63, 3.8) is 0 Å². The topological polar surface area (TPSA) is 75.7 Å². The highest BCUT2D eigenvalue weighted by molar-refractivity contribution is 4.79. The molecule has 4 heteroatoms. The minimum atomic E-state index is -0.832. The van der Waals surface area contributed by atoms with Crippen LogP contribution in [0.2, 0.25) is 0 Å². The molecule has 0 saturated carbocycles. The van der Waals surface area contributed by atoms with Crippen LogP contribution < -0.4 is 5.73 Å². The number of nitrogens with zero attached hydrogens (tertiary/aromatic N) is 1. The number of nitrogens with two attached hydrogens (primary N) is 1. The molecule has 4 nitrogen and oxygen atoms in total. The Morgan fingerprint density at radius 3 is 2.50 bits per heavy atom. The second-order valence-electron chi connectivity index (χ2n) is 2.10. The molecule has 0 aliphatic heterocycles. The number of nitroso groups, excluding NO2 is 1. The smallest absolute Gasteiger partial charge is 0.101 e. The molecule has 0 rings (SSSR count). The number of aliphatic hydroxyl groups excluding tert-OH is 1. The Labute approximate surface area is 47.7 Å². The lowest BCUT2D eigenvalue weighted by molar-refractivity contribution is 0.213. The molecule has 0 saturated heterocycles. The van der Waals surface area contributed by atoms with E-state index in [1.165, 1.54) is 0 Å². The third-order valence-electron chi connectivity index (χ3n) is 0.787. The molecular weight excluding hydrogens is 108 g/mol. The average molecular weight is 118 g/mol. The zero-order valence-corrected chi connectivity index (χ0v) is 4.79. The van der Waals surface area contributed by atoms with Crippen molar-refractivity contribution in [2.45, 2.75) is 12.5 Å². The molecule has 0 spiro atoms. The second kappa shape index (κ2) is 2.74. The van der Waals surface area contributed by atoms with Gasteiger partial charge in [-0.1, -0.05) is 5.18 Å². The maximum Gasteiger partial charge on any atom is 0.101 e. The first kappa shape index (κ1) is 7.52. The molecule has 3 N–H and O–H groups in total. The van der Waals surface area contributed by atoms with E-state index < -0.39 is 5.54 Å². The van der Waals surface area contributed by atoms with Crippen molar-refractivity contribution in [2.75, 3.05) is 13.2 Å². The van der Waals surface area contributed by atoms with Crippen LogP contribution in [0.15, 0.2) is 5.18 Å². The van der Waals surface area contributed by atoms with Crippen LogP contribution in [0.4, 0.5) is 0 Å². The Hall–Kier alpha value is -0.480. The maximum absolute atomic E-state index is 9.54. The Morgan fingerprint density at radius 1 is 1.88 bits per heavy atom. The third kappa shape index (κ3) is 2.65. The van der Waals surface area contributed by atoms with Crippen molar-refractivity contribution in [1.82, 2.24) is 0 Å². The zero-order valence-electron chi connectivity index (χ0n) is 4.79. The molecule has 0 aromatic heterocycles. The lowest BCUT2D eigenvalue weighted by Gasteiger charge is -2.15. The van der Waals surface area contributed by atoms with Gasteiger partial charge in [-0.3, -0.25) is 0 Å². The summed E-state index contributed by atoms with van der Waals surface area (Å²) in [5.74, 6) is 0. The molecule has 0 fully saturated rings. The molecule has 0 aromatic rings. The quantitative estimate of drug-likeness (QED) is 0.489. The number of hydrogen-bond acceptors (Lipinski definition) is 4. The van der Waals surface area contributed by atoms with Crippen LogP contribution in [0.25, 0.3) is 0 Å². The van der Waals surface area contributed by atoms with E-state index in [-0.39, 0.29) is 13.2 Å². The fourth-order valence-corrected chi connectivity index (χ4v) is 0.197. The first-order valence-electron chi connectivity index (χ1n) is 2.31. The van der Waals surface area contributed by atoms with Gasteiger partial charge in [-0.25, -0.2) is 0 Å². The SMILES string of the molecule is CC(N)(CO)CN=O. The highest BCUT2D eigenvalue weighted by atomic mass is 16.3. The lowest BCUT2D eigenvalue weighted by atomic mass is 10.1. The number of aliphatic hydroxyl groups is 1. The Kier molecular flexibility index (Phi) is 2.57. The largest absolute Gasteiger partial charge is 0.394 e. The molecule has 0 aliphatic carbocycles. The first-order chi connectivity index (χ1) is 3.62. The molecule has 48 valence electrons. The van der Waals surface area contributed by atoms with E-state index in [1.807, 2.05) is 0 Å². The molecule has 0 radical (unpaired) electrons. The highest BCUT2D eigenvalue weighted by Crippen LogP contribution is 1.95. The second-order valence-corrected chi connectivity index (χ2v) is 2.10. The Bertz CT molecular complexity index is 82.1. The van der Waals surface area contributed by atoms with Gasteiger partial charge in [-0.2, -0.15) is 4.91 Å². The molecule has 0 amide bonds. The standard InChI is InChI=1S/C4H10N2O2/c1-4(5,3-7)2-6-8/h7H,2-3,5H2,1H3. The normalized spacial score (nSPS) is 17.4. The van der Waals surface area contributed by atoms with E-state index in [4.69, 9.17) is 10.8 Å². The minimum absolute atomic E-state index is 0.0382. The van der Waals surface area contributed by atoms with Gasteiger partial charge in [0.05, 0.1) is 12.1 Å². The monoisotopic (exact) mass is 118 g/mol. The van der Waals surface area contributed by atoms with Gasteiger partial charge in [-0.05, 0) is 6.92 Å². The molecule has 0 heterocycles. The Balaban J connectivity index is 3.53. The molecule has 0 aliphatic rings. The fraction of sp³-hybridized carbons (Fsp3) is 1.00. The van der Waals surface area contributed by atoms with Gasteiger partial charge < -0.3 is 10.8 Å². The summed E-state index contributed by atoms with van der Waals surface area (Å²) < 4.78 is 0. The molecule has 0 aromatic carbocycles. The fourth-order valence-electron chi connectivity index (χ4n) is 0.197. The zero-order chi connectivity index (χ0) is 6.62. The van der Waals surface area contributed by atoms with Crippen LogP contribution in [0.5, 0.6) is 0 Å². The van der Waals surface area contributed by atoms with Gasteiger partial charge in [0.1, 0.15) is 6.54 Å². The van der Waals surface area contributed by atoms with Gasteiger partial charge in [0, 0.05) is 0 Å². The molecule has 1 atom stereocenters. The van der Waals surface area contributed by atoms with E-state index in [0.717, 1.165) is 0 Å². The van der Waals surface area contributed by atoms with Gasteiger partial charge in [0.15, 0.2) is 0 Å². The van der Waals surface area contributed by atoms with Gasteiger partial charge in [0.25, 0.3) is 0 Å². The van der Waals surface area contributed by atoms with Crippen LogP contribution in [-0.4, -0.2) is 23.8 Å². The highest BCUT2D eigenvalue weighted by Gasteiger charge is 2.16. The minimum Gasteiger partial charge on any atom is -0.394 e. The maximum atomic E-state index is 9.54. The van der Waals surface area contributed by atoms with Crippen LogP contribution in [0.3, 0.4) is 0 Å². The number of hydrogen-bond donors (Lipinski definition) is 2. The van der Waals surface area contributed by atoms with Crippen LogP contribution >= 0.6 is 0 Å². The predicted octanol–water partition coefficient (Wildman–Crippen LogP) is -0.538. The number of rotatable bonds is 3. The average Bonchev–Trinajstić information content (AvgIpc) is 1.67. The van der Waals surface area contributed by atoms with E-state index in [9.17, 15) is 4.91 Å². The first-order valence-corrected chi connectivity index (χ1v) is 2.31. The molecule has 0 bridgehead atoms. The summed E-state index contributed by atoms with van der Waals surface area (Å²) in [5, 5.41) is 10.9. The summed E-state index contributed by atoms with van der Waals surface area (Å²) in [6.45, 7) is 1.32. The summed E-state index contributed by atoms with van der Waals surface area (Å²) in [7, 11) is 0. The van der Waals surface area contributed by atoms with Gasteiger partial charge in [-0.15, -0.1) is 0 Å². The lowest BCUT2D eigenvalue weighted by Crippen LogP contribution is -2.43. The van der Waals surface area contributed by atoms with Gasteiger partial charge >= 0.3 is 0 Å². The summed E-state index contributed by atoms with van der Waals surface area (Å²) >= 11 is 0. The molecule has 8 heavy (non-hydrogen) atoms. The van der Waals surface area contributed by atoms with Crippen LogP contribution in [0, 0.1) is 4.91 Å². The van der Waals surface area contributed by atoms with Crippen LogP contribution in [-0.2, 0) is 0 Å². The predicted molar refractivity (Wildman–Crippen MR) is 30.3 cm³/mol. The molecule has 1 unspecified atom stereocenters. The molecular formula is C4H10N2O2. The van der Waals surface area contributed by atoms with Gasteiger partial charge in [0.2, 0.25) is 0 Å². The summed E-state index contributed by atoms with van der Waals surface area (Å²) in [6, 6.07) is 0. The van der Waals surface area contributed by atoms with Crippen LogP contribution in [0.1, 0.15) is 6.92 Å². The van der Waals surface area contributed by atoms with E-state index in [0.29, 0.717) is 0 Å². The summed E-state index contributed by atoms with van der Waals surface area (Å²) in [4.78, 5) is 9.54. The van der Waals surface area contributed by atoms with Crippen molar-refractivity contribution in [2.24, 2.45) is 10.9 Å². The summed E-state index contributed by atoms with van der Waals surface area (Å²) in [6.07, 6.45) is 0. The van der Waals surface area contributed by atoms with Crippen molar-refractivity contribution in [3.05, 3.63) is 4.91 Å². The van der Waals surface area contributed by atoms with E-state index in [2.05, 4.69) is 5.18 Å². The van der Waals surface area contributed by atoms with E-state index >= 15 is 0 Å². The van der Waals surface area contributed by atoms with E-state index in [1.54, 1.807) is 6.92 Å².